The molecule has 0 fully saturated rings. The SMILES string of the molecule is Cc1cccc(C(C)(C)C)c1OCC(=O)NC(C(=O)O)C(C)C. The van der Waals surface area contributed by atoms with Crippen molar-refractivity contribution in [3.8, 4) is 5.75 Å². The number of benzene rings is 1. The number of nitrogens with one attached hydrogen (secondary N) is 1. The highest BCUT2D eigenvalue weighted by Crippen LogP contribution is 2.33. The summed E-state index contributed by atoms with van der Waals surface area (Å²) in [6.07, 6.45) is 0. The molecule has 0 heterocycles. The van der Waals surface area contributed by atoms with E-state index in [0.717, 1.165) is 11.1 Å². The van der Waals surface area contributed by atoms with Gasteiger partial charge in [-0.3, -0.25) is 4.79 Å². The molecule has 0 aromatic heterocycles. The maximum atomic E-state index is 12.0. The van der Waals surface area contributed by atoms with E-state index in [4.69, 9.17) is 9.84 Å². The summed E-state index contributed by atoms with van der Waals surface area (Å²) in [5, 5.41) is 11.6. The van der Waals surface area contributed by atoms with Gasteiger partial charge in [0.05, 0.1) is 0 Å². The predicted octanol–water partition coefficient (Wildman–Crippen LogP) is 2.90. The fourth-order valence-electron chi connectivity index (χ4n) is 2.30. The number of carbonyl (C=O) groups excluding carboxylic acids is 1. The molecule has 1 amide bonds. The molecule has 2 N–H and O–H groups in total. The lowest BCUT2D eigenvalue weighted by atomic mass is 9.85. The van der Waals surface area contributed by atoms with Crippen LogP contribution in [0.5, 0.6) is 5.75 Å². The van der Waals surface area contributed by atoms with Gasteiger partial charge in [0, 0.05) is 0 Å². The topological polar surface area (TPSA) is 75.6 Å². The van der Waals surface area contributed by atoms with Gasteiger partial charge in [-0.2, -0.15) is 0 Å². The summed E-state index contributed by atoms with van der Waals surface area (Å²) in [4.78, 5) is 23.1. The summed E-state index contributed by atoms with van der Waals surface area (Å²) in [6, 6.07) is 4.96. The Kier molecular flexibility index (Phi) is 6.19. The highest BCUT2D eigenvalue weighted by Gasteiger charge is 2.24. The molecule has 0 aliphatic heterocycles. The van der Waals surface area contributed by atoms with Crippen molar-refractivity contribution in [3.05, 3.63) is 29.3 Å². The molecular weight excluding hydrogens is 294 g/mol. The van der Waals surface area contributed by atoms with Crippen LogP contribution in [-0.2, 0) is 15.0 Å². The Morgan fingerprint density at radius 2 is 1.87 bits per heavy atom. The first-order chi connectivity index (χ1) is 10.5. The summed E-state index contributed by atoms with van der Waals surface area (Å²) < 4.78 is 5.71. The molecule has 0 spiro atoms. The zero-order valence-electron chi connectivity index (χ0n) is 14.8. The zero-order chi connectivity index (χ0) is 17.8. The number of ether oxygens (including phenoxy) is 1. The van der Waals surface area contributed by atoms with E-state index in [0.29, 0.717) is 5.75 Å². The molecule has 1 atom stereocenters. The minimum absolute atomic E-state index is 0.112. The molecule has 1 aromatic carbocycles. The molecule has 1 unspecified atom stereocenters. The van der Waals surface area contributed by atoms with Gasteiger partial charge in [-0.05, 0) is 29.4 Å². The van der Waals surface area contributed by atoms with Crippen molar-refractivity contribution in [3.63, 3.8) is 0 Å². The number of aryl methyl sites for hydroxylation is 1. The molecule has 5 heteroatoms. The van der Waals surface area contributed by atoms with Crippen LogP contribution in [0, 0.1) is 12.8 Å². The van der Waals surface area contributed by atoms with E-state index in [1.165, 1.54) is 0 Å². The first-order valence-electron chi connectivity index (χ1n) is 7.79. The van der Waals surface area contributed by atoms with E-state index < -0.39 is 17.9 Å². The van der Waals surface area contributed by atoms with Gasteiger partial charge in [0.1, 0.15) is 11.8 Å². The van der Waals surface area contributed by atoms with Crippen molar-refractivity contribution >= 4 is 11.9 Å². The molecule has 0 saturated carbocycles. The van der Waals surface area contributed by atoms with Crippen LogP contribution < -0.4 is 10.1 Å². The first kappa shape index (κ1) is 19.0. The van der Waals surface area contributed by atoms with Crippen LogP contribution >= 0.6 is 0 Å². The Labute approximate surface area is 138 Å². The highest BCUT2D eigenvalue weighted by atomic mass is 16.5. The van der Waals surface area contributed by atoms with Crippen LogP contribution in [-0.4, -0.2) is 29.6 Å². The van der Waals surface area contributed by atoms with E-state index in [-0.39, 0.29) is 17.9 Å². The third-order valence-electron chi connectivity index (χ3n) is 3.62. The third-order valence-corrected chi connectivity index (χ3v) is 3.62. The summed E-state index contributed by atoms with van der Waals surface area (Å²) >= 11 is 0. The molecule has 0 saturated heterocycles. The van der Waals surface area contributed by atoms with E-state index in [1.807, 2.05) is 25.1 Å². The fourth-order valence-corrected chi connectivity index (χ4v) is 2.30. The van der Waals surface area contributed by atoms with Crippen molar-refractivity contribution in [2.24, 2.45) is 5.92 Å². The predicted molar refractivity (Wildman–Crippen MR) is 89.8 cm³/mol. The van der Waals surface area contributed by atoms with Gasteiger partial charge in [0.25, 0.3) is 5.91 Å². The van der Waals surface area contributed by atoms with Gasteiger partial charge in [-0.25, -0.2) is 4.79 Å². The quantitative estimate of drug-likeness (QED) is 0.845. The number of rotatable bonds is 6. The lowest BCUT2D eigenvalue weighted by Crippen LogP contribution is -2.46. The molecule has 0 radical (unpaired) electrons. The number of aliphatic carboxylic acids is 1. The van der Waals surface area contributed by atoms with Crippen molar-refractivity contribution in [1.29, 1.82) is 0 Å². The van der Waals surface area contributed by atoms with E-state index in [9.17, 15) is 9.59 Å². The number of hydrogen-bond donors (Lipinski definition) is 2. The van der Waals surface area contributed by atoms with Gasteiger partial charge < -0.3 is 15.2 Å². The Balaban J connectivity index is 2.83. The smallest absolute Gasteiger partial charge is 0.326 e. The van der Waals surface area contributed by atoms with Crippen LogP contribution in [0.15, 0.2) is 18.2 Å². The van der Waals surface area contributed by atoms with Gasteiger partial charge >= 0.3 is 5.97 Å². The molecule has 5 nitrogen and oxygen atoms in total. The molecule has 0 bridgehead atoms. The summed E-state index contributed by atoms with van der Waals surface area (Å²) in [6.45, 7) is 11.5. The number of carbonyl (C=O) groups is 2. The van der Waals surface area contributed by atoms with E-state index >= 15 is 0 Å². The minimum Gasteiger partial charge on any atom is -0.483 e. The van der Waals surface area contributed by atoms with Crippen molar-refractivity contribution in [2.75, 3.05) is 6.61 Å². The lowest BCUT2D eigenvalue weighted by Gasteiger charge is -2.24. The van der Waals surface area contributed by atoms with Crippen LogP contribution in [0.3, 0.4) is 0 Å². The normalized spacial score (nSPS) is 12.8. The van der Waals surface area contributed by atoms with Crippen molar-refractivity contribution < 1.29 is 19.4 Å². The molecular formula is C18H27NO4. The minimum atomic E-state index is -1.04. The molecule has 23 heavy (non-hydrogen) atoms. The Morgan fingerprint density at radius 1 is 1.26 bits per heavy atom. The number of carboxylic acid groups (broad SMARTS) is 1. The Bertz CT molecular complexity index is 573. The number of carboxylic acids is 1. The average molecular weight is 321 g/mol. The third kappa shape index (κ3) is 5.27. The van der Waals surface area contributed by atoms with Gasteiger partial charge in [0.15, 0.2) is 6.61 Å². The zero-order valence-corrected chi connectivity index (χ0v) is 14.8. The van der Waals surface area contributed by atoms with Crippen molar-refractivity contribution in [1.82, 2.24) is 5.32 Å². The average Bonchev–Trinajstić information content (AvgIpc) is 2.41. The monoisotopic (exact) mass is 321 g/mol. The number of para-hydroxylation sites is 1. The fraction of sp³-hybridized carbons (Fsp3) is 0.556. The molecule has 128 valence electrons. The Morgan fingerprint density at radius 3 is 2.35 bits per heavy atom. The van der Waals surface area contributed by atoms with E-state index in [1.54, 1.807) is 13.8 Å². The molecule has 1 aromatic rings. The van der Waals surface area contributed by atoms with Gasteiger partial charge in [0.2, 0.25) is 0 Å². The van der Waals surface area contributed by atoms with Gasteiger partial charge in [-0.15, -0.1) is 0 Å². The second kappa shape index (κ2) is 7.49. The summed E-state index contributed by atoms with van der Waals surface area (Å²) in [7, 11) is 0. The van der Waals surface area contributed by atoms with E-state index in [2.05, 4.69) is 26.1 Å². The van der Waals surface area contributed by atoms with Crippen LogP contribution in [0.25, 0.3) is 0 Å². The first-order valence-corrected chi connectivity index (χ1v) is 7.79. The second-order valence-electron chi connectivity index (χ2n) is 7.12. The van der Waals surface area contributed by atoms with Crippen molar-refractivity contribution in [2.45, 2.75) is 53.0 Å². The van der Waals surface area contributed by atoms with Crippen LogP contribution in [0.4, 0.5) is 0 Å². The lowest BCUT2D eigenvalue weighted by molar-refractivity contribution is -0.143. The molecule has 1 rings (SSSR count). The van der Waals surface area contributed by atoms with Crippen LogP contribution in [0.1, 0.15) is 45.7 Å². The summed E-state index contributed by atoms with van der Waals surface area (Å²) in [5.41, 5.74) is 1.85. The maximum absolute atomic E-state index is 12.0. The summed E-state index contributed by atoms with van der Waals surface area (Å²) in [5.74, 6) is -0.986. The standard InChI is InChI=1S/C18H27NO4/c1-11(2)15(17(21)22)19-14(20)10-23-16-12(3)8-7-9-13(16)18(4,5)6/h7-9,11,15H,10H2,1-6H3,(H,19,20)(H,21,22). The number of hydrogen-bond acceptors (Lipinski definition) is 3. The highest BCUT2D eigenvalue weighted by molar-refractivity contribution is 5.84. The van der Waals surface area contributed by atoms with Crippen LogP contribution in [0.2, 0.25) is 0 Å². The largest absolute Gasteiger partial charge is 0.483 e. The number of amides is 1. The van der Waals surface area contributed by atoms with Gasteiger partial charge in [-0.1, -0.05) is 52.8 Å². The molecule has 0 aliphatic rings. The second-order valence-corrected chi connectivity index (χ2v) is 7.12. The molecule has 0 aliphatic carbocycles. The Hall–Kier alpha value is -2.04. The maximum Gasteiger partial charge on any atom is 0.326 e.